The second-order valence-corrected chi connectivity index (χ2v) is 9.52. The van der Waals surface area contributed by atoms with Crippen LogP contribution in [0.15, 0.2) is 88.6 Å². The van der Waals surface area contributed by atoms with Gasteiger partial charge < -0.3 is 20.7 Å². The Morgan fingerprint density at radius 3 is 2.44 bits per heavy atom. The number of aromatic nitrogens is 2. The van der Waals surface area contributed by atoms with Gasteiger partial charge in [0.1, 0.15) is 34.8 Å². The van der Waals surface area contributed by atoms with Crippen molar-refractivity contribution in [1.82, 2.24) is 14.5 Å². The van der Waals surface area contributed by atoms with Gasteiger partial charge in [0, 0.05) is 12.7 Å². The number of carbonyl (C=O) groups is 1. The van der Waals surface area contributed by atoms with Crippen LogP contribution in [0.25, 0.3) is 17.2 Å². The molecule has 4 aromatic rings. The lowest BCUT2D eigenvalue weighted by atomic mass is 10.1. The van der Waals surface area contributed by atoms with E-state index in [1.165, 1.54) is 14.0 Å². The first-order valence-corrected chi connectivity index (χ1v) is 12.5. The highest BCUT2D eigenvalue weighted by Crippen LogP contribution is 2.46. The van der Waals surface area contributed by atoms with Crippen LogP contribution >= 0.6 is 0 Å². The van der Waals surface area contributed by atoms with Gasteiger partial charge in [-0.15, -0.1) is 0 Å². The minimum absolute atomic E-state index is 0.217. The molecule has 39 heavy (non-hydrogen) atoms. The van der Waals surface area contributed by atoms with E-state index in [9.17, 15) is 14.9 Å². The van der Waals surface area contributed by atoms with Gasteiger partial charge in [-0.3, -0.25) is 9.36 Å². The Morgan fingerprint density at radius 2 is 1.74 bits per heavy atom. The van der Waals surface area contributed by atoms with Crippen LogP contribution in [-0.4, -0.2) is 28.8 Å². The molecule has 3 N–H and O–H groups in total. The van der Waals surface area contributed by atoms with Gasteiger partial charge in [-0.05, 0) is 67.4 Å². The Hall–Kier alpha value is -5.30. The van der Waals surface area contributed by atoms with Gasteiger partial charge in [-0.25, -0.2) is 14.4 Å². The van der Waals surface area contributed by atoms with Gasteiger partial charge in [0.15, 0.2) is 5.49 Å². The summed E-state index contributed by atoms with van der Waals surface area (Å²) in [6.45, 7) is 0.217. The first-order valence-electron chi connectivity index (χ1n) is 12.5. The maximum Gasteiger partial charge on any atom is 0.339 e. The second-order valence-electron chi connectivity index (χ2n) is 9.52. The van der Waals surface area contributed by atoms with Crippen molar-refractivity contribution in [1.29, 1.82) is 5.26 Å². The highest BCUT2D eigenvalue weighted by atomic mass is 16.5. The minimum Gasteiger partial charge on any atom is -0.457 e. The number of para-hydroxylation sites is 1. The van der Waals surface area contributed by atoms with E-state index in [0.717, 1.165) is 0 Å². The van der Waals surface area contributed by atoms with E-state index in [1.807, 2.05) is 30.3 Å². The van der Waals surface area contributed by atoms with Crippen LogP contribution in [-0.2, 0) is 4.79 Å². The summed E-state index contributed by atoms with van der Waals surface area (Å²) in [6, 6.07) is 25.8. The van der Waals surface area contributed by atoms with Crippen molar-refractivity contribution in [2.45, 2.75) is 12.8 Å². The molecule has 1 fully saturated rings. The summed E-state index contributed by atoms with van der Waals surface area (Å²) in [4.78, 5) is 32.9. The van der Waals surface area contributed by atoms with E-state index in [4.69, 9.17) is 10.5 Å². The molecule has 0 unspecified atom stereocenters. The van der Waals surface area contributed by atoms with Crippen LogP contribution in [0.2, 0.25) is 0 Å². The summed E-state index contributed by atoms with van der Waals surface area (Å²) in [5.74, 6) is 1.40. The number of nitrogens with zero attached hydrogens (tertiary/aromatic N) is 5. The number of fused-ring (bicyclic) bond motifs is 1. The third-order valence-electron chi connectivity index (χ3n) is 7.01. The number of amides is 1. The average molecular weight is 520 g/mol. The van der Waals surface area contributed by atoms with E-state index in [1.54, 1.807) is 55.6 Å². The van der Waals surface area contributed by atoms with Crippen LogP contribution in [0.3, 0.4) is 0 Å². The molecule has 1 aliphatic heterocycles. The molecular formula is C29H25N7O3. The number of hydrogen-bond acceptors (Lipinski definition) is 7. The Balaban J connectivity index is 1.43. The quantitative estimate of drug-likeness (QED) is 0.400. The number of imidazole rings is 1. The number of nitrogens with two attached hydrogens (primary N) is 1. The third-order valence-corrected chi connectivity index (χ3v) is 7.01. The molecular weight excluding hydrogens is 494 g/mol. The zero-order chi connectivity index (χ0) is 27.1. The van der Waals surface area contributed by atoms with Crippen LogP contribution in [0.1, 0.15) is 12.8 Å². The van der Waals surface area contributed by atoms with Crippen molar-refractivity contribution in [2.75, 3.05) is 18.6 Å². The Morgan fingerprint density at radius 1 is 1.03 bits per heavy atom. The lowest BCUT2D eigenvalue weighted by molar-refractivity contribution is -0.121. The number of rotatable bonds is 6. The number of benzene rings is 3. The fraction of sp³-hybridized carbons (Fsp3) is 0.172. The molecule has 0 spiro atoms. The molecule has 10 nitrogen and oxygen atoms in total. The molecule has 1 aromatic heterocycles. The molecule has 0 atom stereocenters. The molecule has 3 aromatic carbocycles. The van der Waals surface area contributed by atoms with Gasteiger partial charge >= 0.3 is 5.69 Å². The van der Waals surface area contributed by atoms with Crippen LogP contribution in [0, 0.1) is 16.7 Å². The Kier molecular flexibility index (Phi) is 5.69. The monoisotopic (exact) mass is 519 g/mol. The largest absolute Gasteiger partial charge is 0.457 e. The number of hydrogen-bond donors (Lipinski definition) is 2. The Bertz CT molecular complexity index is 1810. The molecule has 1 saturated carbocycles. The molecule has 0 bridgehead atoms. The molecule has 6 rings (SSSR count). The van der Waals surface area contributed by atoms with Crippen LogP contribution in [0.4, 0.5) is 5.69 Å². The summed E-state index contributed by atoms with van der Waals surface area (Å²) >= 11 is 0. The number of carbonyl (C=O) groups excluding carboxylic acids is 1. The zero-order valence-electron chi connectivity index (χ0n) is 21.2. The van der Waals surface area contributed by atoms with Crippen LogP contribution in [0.5, 0.6) is 11.5 Å². The minimum atomic E-state index is -0.953. The maximum atomic E-state index is 13.9. The molecule has 2 aliphatic rings. The second kappa shape index (κ2) is 9.22. The van der Waals surface area contributed by atoms with Crippen molar-refractivity contribution in [3.05, 3.63) is 100 Å². The van der Waals surface area contributed by atoms with Crippen molar-refractivity contribution >= 4 is 17.4 Å². The summed E-state index contributed by atoms with van der Waals surface area (Å²) < 4.78 is 8.88. The van der Waals surface area contributed by atoms with E-state index >= 15 is 0 Å². The van der Waals surface area contributed by atoms with Gasteiger partial charge in [0.05, 0.1) is 17.4 Å². The summed E-state index contributed by atoms with van der Waals surface area (Å²) in [5.41, 5.74) is 7.10. The number of ether oxygens (including phenoxy) is 1. The zero-order valence-corrected chi connectivity index (χ0v) is 21.2. The first-order chi connectivity index (χ1) is 18.9. The summed E-state index contributed by atoms with van der Waals surface area (Å²) in [7, 11) is 1.64. The molecule has 10 heteroatoms. The summed E-state index contributed by atoms with van der Waals surface area (Å²) in [6.07, 6.45) is 1.11. The number of nitrogens with one attached hydrogen (secondary N) is 1. The standard InChI is InChI=1S/C29H25N7O3/c1-34(27(37)29(17-30)14-15-29)20-6-5-7-21(16-20)36-26-24(25(31)32-18-33-26)35(28(36)38)19-10-12-23(13-11-19)39-22-8-3-2-4-9-22/h2-13,16,32H,14-15,18,31H2,1H3. The molecule has 1 aliphatic carbocycles. The Labute approximate surface area is 223 Å². The number of anilines is 1. The topological polar surface area (TPSA) is 131 Å². The van der Waals surface area contributed by atoms with Gasteiger partial charge in [-0.2, -0.15) is 5.26 Å². The van der Waals surface area contributed by atoms with E-state index < -0.39 is 5.41 Å². The van der Waals surface area contributed by atoms with Crippen LogP contribution < -0.4 is 37.2 Å². The first kappa shape index (κ1) is 24.1. The van der Waals surface area contributed by atoms with E-state index in [0.29, 0.717) is 58.1 Å². The average Bonchev–Trinajstić information content (AvgIpc) is 3.71. The van der Waals surface area contributed by atoms with Crippen molar-refractivity contribution in [3.63, 3.8) is 0 Å². The predicted molar refractivity (Wildman–Crippen MR) is 145 cm³/mol. The molecule has 0 radical (unpaired) electrons. The van der Waals surface area contributed by atoms with Gasteiger partial charge in [0.25, 0.3) is 0 Å². The van der Waals surface area contributed by atoms with E-state index in [-0.39, 0.29) is 18.3 Å². The van der Waals surface area contributed by atoms with Gasteiger partial charge in [0.2, 0.25) is 5.91 Å². The predicted octanol–water partition coefficient (Wildman–Crippen LogP) is 1.89. The molecule has 194 valence electrons. The normalized spacial score (nSPS) is 14.8. The molecule has 2 heterocycles. The lowest BCUT2D eigenvalue weighted by Gasteiger charge is -2.20. The highest BCUT2D eigenvalue weighted by Gasteiger charge is 2.52. The molecule has 0 saturated heterocycles. The fourth-order valence-corrected chi connectivity index (χ4v) is 4.70. The number of nitriles is 1. The molecule has 1 amide bonds. The lowest BCUT2D eigenvalue weighted by Crippen LogP contribution is -2.45. The fourth-order valence-electron chi connectivity index (χ4n) is 4.70. The summed E-state index contributed by atoms with van der Waals surface area (Å²) in [5, 5.41) is 12.9. The smallest absolute Gasteiger partial charge is 0.339 e. The highest BCUT2D eigenvalue weighted by molar-refractivity contribution is 6.01. The maximum absolute atomic E-state index is 13.9. The van der Waals surface area contributed by atoms with Crippen molar-refractivity contribution in [3.8, 4) is 28.9 Å². The van der Waals surface area contributed by atoms with Crippen molar-refractivity contribution in [2.24, 2.45) is 16.1 Å². The third kappa shape index (κ3) is 4.10. The van der Waals surface area contributed by atoms with E-state index in [2.05, 4.69) is 16.4 Å². The van der Waals surface area contributed by atoms with Gasteiger partial charge in [-0.1, -0.05) is 24.3 Å². The SMILES string of the molecule is CN(C(=O)C1(C#N)CC1)c1cccc(-n2c3c(n(-c4ccc(Oc5ccccc5)cc4)c2=O)=C(N)NCN=3)c1. The van der Waals surface area contributed by atoms with Crippen molar-refractivity contribution < 1.29 is 9.53 Å².